The van der Waals surface area contributed by atoms with Crippen LogP contribution in [-0.4, -0.2) is 61.4 Å². The van der Waals surface area contributed by atoms with Crippen LogP contribution in [0.15, 0.2) is 42.5 Å². The van der Waals surface area contributed by atoms with Crippen molar-refractivity contribution in [1.29, 1.82) is 0 Å². The fourth-order valence-corrected chi connectivity index (χ4v) is 4.72. The lowest BCUT2D eigenvalue weighted by atomic mass is 10.1. The number of carbonyl (C=O) groups excluding carboxylic acids is 1. The minimum Gasteiger partial charge on any atom is -0.497 e. The van der Waals surface area contributed by atoms with Crippen molar-refractivity contribution in [3.05, 3.63) is 58.2 Å². The molecule has 0 spiro atoms. The number of hydrogen-bond donors (Lipinski definition) is 0. The summed E-state index contributed by atoms with van der Waals surface area (Å²) in [6.07, 6.45) is -5.65. The van der Waals surface area contributed by atoms with Crippen molar-refractivity contribution < 1.29 is 27.4 Å². The van der Waals surface area contributed by atoms with Gasteiger partial charge in [-0.2, -0.15) is 18.3 Å². The first-order valence-electron chi connectivity index (χ1n) is 11.0. The second kappa shape index (κ2) is 10.6. The average molecular weight is 543 g/mol. The summed E-state index contributed by atoms with van der Waals surface area (Å²) in [5.41, 5.74) is -0.00277. The molecule has 1 unspecified atom stereocenters. The quantitative estimate of drug-likeness (QED) is 0.372. The van der Waals surface area contributed by atoms with Crippen molar-refractivity contribution in [1.82, 2.24) is 14.7 Å². The minimum absolute atomic E-state index is 0.0645. The molecule has 0 radical (unpaired) electrons. The second-order valence-corrected chi connectivity index (χ2v) is 8.86. The smallest absolute Gasteiger partial charge is 0.434 e. The van der Waals surface area contributed by atoms with Gasteiger partial charge in [0.2, 0.25) is 0 Å². The third kappa shape index (κ3) is 5.11. The van der Waals surface area contributed by atoms with Crippen molar-refractivity contribution in [2.24, 2.45) is 0 Å². The summed E-state index contributed by atoms with van der Waals surface area (Å²) in [5, 5.41) is 4.08. The van der Waals surface area contributed by atoms with E-state index in [1.165, 1.54) is 14.2 Å². The summed E-state index contributed by atoms with van der Waals surface area (Å²) < 4.78 is 53.3. The van der Waals surface area contributed by atoms with E-state index in [4.69, 9.17) is 32.7 Å². The van der Waals surface area contributed by atoms with E-state index >= 15 is 0 Å². The molecular formula is C24H23Cl2F3N4O3. The number of halogens is 5. The monoisotopic (exact) mass is 542 g/mol. The zero-order valence-corrected chi connectivity index (χ0v) is 20.9. The Labute approximate surface area is 215 Å². The Morgan fingerprint density at radius 2 is 1.67 bits per heavy atom. The Morgan fingerprint density at radius 1 is 1.00 bits per heavy atom. The van der Waals surface area contributed by atoms with Crippen molar-refractivity contribution in [3.8, 4) is 22.8 Å². The highest BCUT2D eigenvalue weighted by Crippen LogP contribution is 2.42. The van der Waals surface area contributed by atoms with Crippen LogP contribution >= 0.6 is 23.2 Å². The SMILES string of the molecule is COc1ccc(-c2nn(C(C=O)N3CCN(c4ccc(Cl)c(OC)c4)CC3)c(C(F)(F)F)c2Cl)cc1. The van der Waals surface area contributed by atoms with Crippen molar-refractivity contribution >= 4 is 35.2 Å². The number of piperazine rings is 1. The van der Waals surface area contributed by atoms with Crippen LogP contribution in [0.4, 0.5) is 18.9 Å². The molecule has 4 rings (SSSR count). The van der Waals surface area contributed by atoms with Crippen LogP contribution in [0.5, 0.6) is 11.5 Å². The van der Waals surface area contributed by atoms with Gasteiger partial charge in [0.15, 0.2) is 18.1 Å². The van der Waals surface area contributed by atoms with Crippen LogP contribution in [-0.2, 0) is 11.0 Å². The summed E-state index contributed by atoms with van der Waals surface area (Å²) in [6, 6.07) is 11.7. The number of carbonyl (C=O) groups is 1. The summed E-state index contributed by atoms with van der Waals surface area (Å²) in [7, 11) is 3.00. The average Bonchev–Trinajstić information content (AvgIpc) is 3.22. The minimum atomic E-state index is -4.82. The number of nitrogens with zero attached hydrogens (tertiary/aromatic N) is 4. The number of hydrogen-bond acceptors (Lipinski definition) is 6. The maximum atomic E-state index is 14.1. The summed E-state index contributed by atoms with van der Waals surface area (Å²) >= 11 is 12.3. The third-order valence-corrected chi connectivity index (χ3v) is 6.72. The predicted octanol–water partition coefficient (Wildman–Crippen LogP) is 5.41. The maximum Gasteiger partial charge on any atom is 0.434 e. The highest BCUT2D eigenvalue weighted by molar-refractivity contribution is 6.34. The van der Waals surface area contributed by atoms with Gasteiger partial charge in [-0.05, 0) is 36.4 Å². The zero-order chi connectivity index (χ0) is 26.0. The lowest BCUT2D eigenvalue weighted by molar-refractivity contribution is -0.147. The van der Waals surface area contributed by atoms with E-state index in [1.54, 1.807) is 41.3 Å². The molecule has 36 heavy (non-hydrogen) atoms. The van der Waals surface area contributed by atoms with Gasteiger partial charge in [0.05, 0.1) is 24.3 Å². The maximum absolute atomic E-state index is 14.1. The number of aromatic nitrogens is 2. The molecule has 0 N–H and O–H groups in total. The van der Waals surface area contributed by atoms with E-state index in [0.29, 0.717) is 59.2 Å². The van der Waals surface area contributed by atoms with Gasteiger partial charge in [0, 0.05) is 43.5 Å². The number of ether oxygens (including phenoxy) is 2. The summed E-state index contributed by atoms with van der Waals surface area (Å²) in [6.45, 7) is 1.58. The normalized spacial score (nSPS) is 15.6. The third-order valence-electron chi connectivity index (χ3n) is 6.05. The molecule has 2 aromatic carbocycles. The van der Waals surface area contributed by atoms with Gasteiger partial charge in [0.1, 0.15) is 17.2 Å². The van der Waals surface area contributed by atoms with Crippen LogP contribution in [0.25, 0.3) is 11.3 Å². The molecular weight excluding hydrogens is 520 g/mol. The summed E-state index contributed by atoms with van der Waals surface area (Å²) in [5.74, 6) is 1.06. The molecule has 1 aliphatic rings. The molecule has 12 heteroatoms. The van der Waals surface area contributed by atoms with Gasteiger partial charge >= 0.3 is 6.18 Å². The first-order valence-corrected chi connectivity index (χ1v) is 11.7. The molecule has 1 aromatic heterocycles. The predicted molar refractivity (Wildman–Crippen MR) is 131 cm³/mol. The molecule has 0 bridgehead atoms. The Bertz CT molecular complexity index is 1230. The van der Waals surface area contributed by atoms with Gasteiger partial charge in [0.25, 0.3) is 0 Å². The fourth-order valence-electron chi connectivity index (χ4n) is 4.18. The largest absolute Gasteiger partial charge is 0.497 e. The van der Waals surface area contributed by atoms with E-state index in [9.17, 15) is 18.0 Å². The molecule has 192 valence electrons. The molecule has 0 amide bonds. The number of benzene rings is 2. The molecule has 0 saturated carbocycles. The number of methoxy groups -OCH3 is 2. The number of alkyl halides is 3. The van der Waals surface area contributed by atoms with E-state index in [1.807, 2.05) is 11.0 Å². The van der Waals surface area contributed by atoms with Gasteiger partial charge in [-0.1, -0.05) is 23.2 Å². The molecule has 1 atom stereocenters. The zero-order valence-electron chi connectivity index (χ0n) is 19.4. The Kier molecular flexibility index (Phi) is 7.67. The van der Waals surface area contributed by atoms with Gasteiger partial charge in [-0.15, -0.1) is 0 Å². The molecule has 2 heterocycles. The van der Waals surface area contributed by atoms with Crippen LogP contribution < -0.4 is 14.4 Å². The standard InChI is InChI=1S/C24H23Cl2F3N4O3/c1-35-17-6-3-15(4-7-17)22-21(26)23(24(27,28)29)33(30-22)20(14-34)32-11-9-31(10-12-32)16-5-8-18(25)19(13-16)36-2/h3-8,13-14,20H,9-12H2,1-2H3. The number of aldehydes is 1. The highest BCUT2D eigenvalue weighted by Gasteiger charge is 2.43. The van der Waals surface area contributed by atoms with Gasteiger partial charge < -0.3 is 14.4 Å². The van der Waals surface area contributed by atoms with Crippen LogP contribution in [0, 0.1) is 0 Å². The highest BCUT2D eigenvalue weighted by atomic mass is 35.5. The number of anilines is 1. The molecule has 1 saturated heterocycles. The Balaban J connectivity index is 1.62. The van der Waals surface area contributed by atoms with E-state index in [0.717, 1.165) is 5.69 Å². The van der Waals surface area contributed by atoms with Crippen molar-refractivity contribution in [3.63, 3.8) is 0 Å². The van der Waals surface area contributed by atoms with Crippen LogP contribution in [0.1, 0.15) is 11.9 Å². The Hall–Kier alpha value is -2.95. The lowest BCUT2D eigenvalue weighted by Gasteiger charge is -2.38. The molecule has 0 aliphatic carbocycles. The second-order valence-electron chi connectivity index (χ2n) is 8.07. The summed E-state index contributed by atoms with van der Waals surface area (Å²) in [4.78, 5) is 15.8. The van der Waals surface area contributed by atoms with E-state index < -0.39 is 23.1 Å². The van der Waals surface area contributed by atoms with Gasteiger partial charge in [-0.25, -0.2) is 4.68 Å². The topological polar surface area (TPSA) is 59.8 Å². The Morgan fingerprint density at radius 3 is 2.22 bits per heavy atom. The molecule has 1 aliphatic heterocycles. The van der Waals surface area contributed by atoms with E-state index in [-0.39, 0.29) is 5.69 Å². The van der Waals surface area contributed by atoms with E-state index in [2.05, 4.69) is 5.10 Å². The first-order chi connectivity index (χ1) is 17.2. The number of rotatable bonds is 7. The van der Waals surface area contributed by atoms with Crippen molar-refractivity contribution in [2.75, 3.05) is 45.3 Å². The first kappa shape index (κ1) is 26.1. The molecule has 3 aromatic rings. The van der Waals surface area contributed by atoms with Crippen molar-refractivity contribution in [2.45, 2.75) is 12.3 Å². The molecule has 7 nitrogen and oxygen atoms in total. The fraction of sp³-hybridized carbons (Fsp3) is 0.333. The lowest BCUT2D eigenvalue weighted by Crippen LogP contribution is -2.50. The van der Waals surface area contributed by atoms with Crippen LogP contribution in [0.3, 0.4) is 0 Å². The molecule has 1 fully saturated rings. The van der Waals surface area contributed by atoms with Crippen LogP contribution in [0.2, 0.25) is 10.0 Å². The van der Waals surface area contributed by atoms with Gasteiger partial charge in [-0.3, -0.25) is 9.69 Å².